The van der Waals surface area contributed by atoms with Gasteiger partial charge in [-0.2, -0.15) is 0 Å². The fraction of sp³-hybridized carbons (Fsp3) is 0. The number of rotatable bonds is 1. The molecule has 1 nitrogen and oxygen atoms in total. The first kappa shape index (κ1) is 13.6. The smallest absolute Gasteiger partial charge is 0.0544 e. The predicted molar refractivity (Wildman–Crippen MR) is 104 cm³/mol. The van der Waals surface area contributed by atoms with Crippen molar-refractivity contribution < 1.29 is 0 Å². The van der Waals surface area contributed by atoms with Crippen LogP contribution in [0.2, 0.25) is 5.02 Å². The summed E-state index contributed by atoms with van der Waals surface area (Å²) >= 11 is 6.07. The third kappa shape index (κ3) is 1.95. The lowest BCUT2D eigenvalue weighted by Gasteiger charge is -2.09. The van der Waals surface area contributed by atoms with E-state index in [1.165, 1.54) is 43.7 Å². The SMILES string of the molecule is Clc1ccc(-c2cc3c4ccccc4[nH]c3c3ccccc23)cc1. The van der Waals surface area contributed by atoms with Crippen molar-refractivity contribution in [1.82, 2.24) is 4.98 Å². The highest BCUT2D eigenvalue weighted by Gasteiger charge is 2.12. The minimum atomic E-state index is 0.760. The Balaban J connectivity index is 1.97. The van der Waals surface area contributed by atoms with Gasteiger partial charge >= 0.3 is 0 Å². The molecule has 1 aromatic heterocycles. The van der Waals surface area contributed by atoms with Crippen molar-refractivity contribution in [3.63, 3.8) is 0 Å². The summed E-state index contributed by atoms with van der Waals surface area (Å²) in [6.45, 7) is 0. The molecule has 0 radical (unpaired) electrons. The Morgan fingerprint density at radius 3 is 2.08 bits per heavy atom. The van der Waals surface area contributed by atoms with Gasteiger partial charge in [-0.1, -0.05) is 66.2 Å². The molecule has 0 saturated heterocycles. The van der Waals surface area contributed by atoms with Crippen molar-refractivity contribution in [3.8, 4) is 11.1 Å². The second-order valence-electron chi connectivity index (χ2n) is 6.07. The monoisotopic (exact) mass is 327 g/mol. The molecule has 0 aliphatic heterocycles. The Kier molecular flexibility index (Phi) is 2.91. The van der Waals surface area contributed by atoms with Gasteiger partial charge in [0, 0.05) is 26.7 Å². The molecule has 24 heavy (non-hydrogen) atoms. The van der Waals surface area contributed by atoms with Crippen LogP contribution in [0.4, 0.5) is 0 Å². The van der Waals surface area contributed by atoms with Crippen molar-refractivity contribution in [2.45, 2.75) is 0 Å². The van der Waals surface area contributed by atoms with Crippen molar-refractivity contribution >= 4 is 44.2 Å². The van der Waals surface area contributed by atoms with Crippen LogP contribution in [0.15, 0.2) is 78.9 Å². The number of benzene rings is 4. The molecule has 0 unspecified atom stereocenters. The zero-order chi connectivity index (χ0) is 16.1. The summed E-state index contributed by atoms with van der Waals surface area (Å²) in [7, 11) is 0. The molecular formula is C22H14ClN. The maximum Gasteiger partial charge on any atom is 0.0544 e. The van der Waals surface area contributed by atoms with E-state index in [0.717, 1.165) is 5.02 Å². The van der Waals surface area contributed by atoms with Gasteiger partial charge in [-0.15, -0.1) is 0 Å². The first-order valence-corrected chi connectivity index (χ1v) is 8.37. The van der Waals surface area contributed by atoms with E-state index in [-0.39, 0.29) is 0 Å². The van der Waals surface area contributed by atoms with Gasteiger partial charge in [-0.3, -0.25) is 0 Å². The maximum absolute atomic E-state index is 6.07. The quantitative estimate of drug-likeness (QED) is 0.348. The summed E-state index contributed by atoms with van der Waals surface area (Å²) in [4.78, 5) is 3.59. The van der Waals surface area contributed by atoms with Crippen molar-refractivity contribution in [2.75, 3.05) is 0 Å². The van der Waals surface area contributed by atoms with E-state index in [9.17, 15) is 0 Å². The lowest BCUT2D eigenvalue weighted by molar-refractivity contribution is 1.56. The zero-order valence-electron chi connectivity index (χ0n) is 12.9. The molecule has 0 fully saturated rings. The number of nitrogens with one attached hydrogen (secondary N) is 1. The van der Waals surface area contributed by atoms with Crippen LogP contribution in [0.1, 0.15) is 0 Å². The number of H-pyrrole nitrogens is 1. The highest BCUT2D eigenvalue weighted by atomic mass is 35.5. The Morgan fingerprint density at radius 1 is 0.625 bits per heavy atom. The fourth-order valence-electron chi connectivity index (χ4n) is 3.55. The number of halogens is 1. The average molecular weight is 328 g/mol. The van der Waals surface area contributed by atoms with Crippen molar-refractivity contribution in [2.24, 2.45) is 0 Å². The minimum absolute atomic E-state index is 0.760. The van der Waals surface area contributed by atoms with Crippen LogP contribution in [0.3, 0.4) is 0 Å². The van der Waals surface area contributed by atoms with E-state index in [4.69, 9.17) is 11.6 Å². The first-order valence-electron chi connectivity index (χ1n) is 7.99. The Morgan fingerprint density at radius 2 is 1.29 bits per heavy atom. The van der Waals surface area contributed by atoms with Crippen LogP contribution in [-0.2, 0) is 0 Å². The number of aromatic nitrogens is 1. The highest BCUT2D eigenvalue weighted by molar-refractivity contribution is 6.30. The van der Waals surface area contributed by atoms with E-state index in [0.29, 0.717) is 0 Å². The summed E-state index contributed by atoms with van der Waals surface area (Å²) in [6.07, 6.45) is 0. The van der Waals surface area contributed by atoms with Crippen LogP contribution in [-0.4, -0.2) is 4.98 Å². The molecular weight excluding hydrogens is 314 g/mol. The molecule has 0 saturated carbocycles. The van der Waals surface area contributed by atoms with Gasteiger partial charge in [-0.25, -0.2) is 0 Å². The predicted octanol–water partition coefficient (Wildman–Crippen LogP) is 6.79. The molecule has 0 atom stereocenters. The largest absolute Gasteiger partial charge is 0.354 e. The van der Waals surface area contributed by atoms with Gasteiger partial charge in [-0.05, 0) is 40.8 Å². The number of aromatic amines is 1. The number of para-hydroxylation sites is 1. The van der Waals surface area contributed by atoms with Gasteiger partial charge in [0.25, 0.3) is 0 Å². The summed E-state index contributed by atoms with van der Waals surface area (Å²) < 4.78 is 0. The van der Waals surface area contributed by atoms with Crippen molar-refractivity contribution in [1.29, 1.82) is 0 Å². The fourth-order valence-corrected chi connectivity index (χ4v) is 3.68. The molecule has 2 heteroatoms. The second-order valence-corrected chi connectivity index (χ2v) is 6.51. The standard InChI is InChI=1S/C22H14ClN/c23-15-11-9-14(10-12-15)19-13-20-17-6-3-4-8-21(17)24-22(20)18-7-2-1-5-16(18)19/h1-13,24H. The molecule has 5 rings (SSSR count). The van der Waals surface area contributed by atoms with Crippen LogP contribution in [0.25, 0.3) is 43.7 Å². The second kappa shape index (κ2) is 5.12. The lowest BCUT2D eigenvalue weighted by Crippen LogP contribution is -1.83. The number of hydrogen-bond donors (Lipinski definition) is 1. The molecule has 1 heterocycles. The number of hydrogen-bond acceptors (Lipinski definition) is 0. The topological polar surface area (TPSA) is 15.8 Å². The van der Waals surface area contributed by atoms with Crippen LogP contribution in [0.5, 0.6) is 0 Å². The normalized spacial score (nSPS) is 11.5. The third-order valence-electron chi connectivity index (χ3n) is 4.68. The van der Waals surface area contributed by atoms with Crippen LogP contribution >= 0.6 is 11.6 Å². The third-order valence-corrected chi connectivity index (χ3v) is 4.93. The summed E-state index contributed by atoms with van der Waals surface area (Å²) in [5.74, 6) is 0. The molecule has 0 bridgehead atoms. The van der Waals surface area contributed by atoms with E-state index in [1.807, 2.05) is 12.1 Å². The molecule has 0 spiro atoms. The number of fused-ring (bicyclic) bond motifs is 5. The van der Waals surface area contributed by atoms with Gasteiger partial charge in [0.2, 0.25) is 0 Å². The minimum Gasteiger partial charge on any atom is -0.354 e. The lowest BCUT2D eigenvalue weighted by atomic mass is 9.95. The van der Waals surface area contributed by atoms with Gasteiger partial charge in [0.1, 0.15) is 0 Å². The van der Waals surface area contributed by atoms with E-state index in [1.54, 1.807) is 0 Å². The van der Waals surface area contributed by atoms with Gasteiger partial charge in [0.15, 0.2) is 0 Å². The summed E-state index contributed by atoms with van der Waals surface area (Å²) in [6, 6.07) is 27.4. The molecule has 5 aromatic rings. The molecule has 0 aliphatic carbocycles. The summed E-state index contributed by atoms with van der Waals surface area (Å²) in [5, 5.41) is 5.77. The van der Waals surface area contributed by atoms with Crippen molar-refractivity contribution in [3.05, 3.63) is 83.9 Å². The van der Waals surface area contributed by atoms with Gasteiger partial charge in [0.05, 0.1) is 5.52 Å². The molecule has 4 aromatic carbocycles. The average Bonchev–Trinajstić information content (AvgIpc) is 3.01. The van der Waals surface area contributed by atoms with E-state index >= 15 is 0 Å². The molecule has 0 amide bonds. The summed E-state index contributed by atoms with van der Waals surface area (Å²) in [5.41, 5.74) is 4.79. The maximum atomic E-state index is 6.07. The van der Waals surface area contributed by atoms with E-state index in [2.05, 4.69) is 71.7 Å². The van der Waals surface area contributed by atoms with Crippen LogP contribution < -0.4 is 0 Å². The Labute approximate surface area is 144 Å². The van der Waals surface area contributed by atoms with Gasteiger partial charge < -0.3 is 4.98 Å². The Bertz CT molecular complexity index is 1200. The molecule has 0 aliphatic rings. The molecule has 1 N–H and O–H groups in total. The highest BCUT2D eigenvalue weighted by Crippen LogP contribution is 2.37. The van der Waals surface area contributed by atoms with Crippen LogP contribution in [0, 0.1) is 0 Å². The molecule has 114 valence electrons. The first-order chi connectivity index (χ1) is 11.8. The zero-order valence-corrected chi connectivity index (χ0v) is 13.6. The Hall–Kier alpha value is -2.77. The van der Waals surface area contributed by atoms with E-state index < -0.39 is 0 Å².